The molecule has 2 rings (SSSR count). The van der Waals surface area contributed by atoms with E-state index in [9.17, 15) is 0 Å². The van der Waals surface area contributed by atoms with Crippen molar-refractivity contribution in [1.29, 1.82) is 0 Å². The Morgan fingerprint density at radius 1 is 1.55 bits per heavy atom. The predicted molar refractivity (Wildman–Crippen MR) is 43.4 cm³/mol. The monoisotopic (exact) mass is 156 g/mol. The molecule has 11 heavy (non-hydrogen) atoms. The van der Waals surface area contributed by atoms with Gasteiger partial charge in [0.1, 0.15) is 0 Å². The number of nitrogens with one attached hydrogen (secondary N) is 1. The van der Waals surface area contributed by atoms with E-state index in [0.717, 1.165) is 26.4 Å². The molecule has 0 unspecified atom stereocenters. The summed E-state index contributed by atoms with van der Waals surface area (Å²) in [5, 5.41) is 3.17. The molecular weight excluding hydrogens is 140 g/mol. The van der Waals surface area contributed by atoms with Crippen molar-refractivity contribution in [2.45, 2.75) is 18.4 Å². The van der Waals surface area contributed by atoms with Crippen molar-refractivity contribution in [3.8, 4) is 0 Å². The molecule has 3 nitrogen and oxygen atoms in total. The van der Waals surface area contributed by atoms with Gasteiger partial charge in [0.15, 0.2) is 0 Å². The fourth-order valence-corrected chi connectivity index (χ4v) is 1.72. The zero-order valence-corrected chi connectivity index (χ0v) is 7.10. The molecule has 1 heterocycles. The maximum absolute atomic E-state index is 5.68. The molecule has 1 saturated heterocycles. The first-order valence-electron chi connectivity index (χ1n) is 4.36. The van der Waals surface area contributed by atoms with Crippen LogP contribution in [0.5, 0.6) is 0 Å². The van der Waals surface area contributed by atoms with Crippen LogP contribution in [0.4, 0.5) is 0 Å². The summed E-state index contributed by atoms with van der Waals surface area (Å²) in [7, 11) is 2.00. The van der Waals surface area contributed by atoms with Crippen LogP contribution >= 0.6 is 0 Å². The van der Waals surface area contributed by atoms with Crippen LogP contribution in [0, 0.1) is 0 Å². The lowest BCUT2D eigenvalue weighted by atomic mass is 10.2. The van der Waals surface area contributed by atoms with Crippen molar-refractivity contribution < 1.29 is 4.74 Å². The van der Waals surface area contributed by atoms with Gasteiger partial charge >= 0.3 is 0 Å². The van der Waals surface area contributed by atoms with E-state index in [1.807, 2.05) is 7.05 Å². The van der Waals surface area contributed by atoms with Crippen LogP contribution < -0.4 is 5.32 Å². The Hall–Kier alpha value is -0.120. The van der Waals surface area contributed by atoms with Gasteiger partial charge in [-0.15, -0.1) is 0 Å². The van der Waals surface area contributed by atoms with E-state index in [1.54, 1.807) is 0 Å². The summed E-state index contributed by atoms with van der Waals surface area (Å²) in [5.41, 5.74) is 0.287. The molecule has 2 aliphatic rings. The highest BCUT2D eigenvalue weighted by Gasteiger charge is 2.47. The highest BCUT2D eigenvalue weighted by molar-refractivity contribution is 5.00. The number of hydrogen-bond donors (Lipinski definition) is 1. The Balaban J connectivity index is 1.83. The van der Waals surface area contributed by atoms with Crippen LogP contribution in [0.15, 0.2) is 0 Å². The van der Waals surface area contributed by atoms with E-state index in [-0.39, 0.29) is 5.60 Å². The molecule has 1 spiro atoms. The quantitative estimate of drug-likeness (QED) is 0.610. The van der Waals surface area contributed by atoms with E-state index < -0.39 is 0 Å². The van der Waals surface area contributed by atoms with E-state index >= 15 is 0 Å². The Morgan fingerprint density at radius 2 is 2.36 bits per heavy atom. The average molecular weight is 156 g/mol. The molecule has 0 aromatic rings. The second kappa shape index (κ2) is 2.73. The first-order valence-corrected chi connectivity index (χ1v) is 4.36. The summed E-state index contributed by atoms with van der Waals surface area (Å²) in [5.74, 6) is 0. The minimum Gasteiger partial charge on any atom is -0.372 e. The topological polar surface area (TPSA) is 24.5 Å². The largest absolute Gasteiger partial charge is 0.372 e. The highest BCUT2D eigenvalue weighted by Crippen LogP contribution is 2.41. The van der Waals surface area contributed by atoms with Gasteiger partial charge in [-0.1, -0.05) is 0 Å². The van der Waals surface area contributed by atoms with Gasteiger partial charge in [-0.2, -0.15) is 0 Å². The molecule has 0 atom stereocenters. The number of ether oxygens (including phenoxy) is 1. The standard InChI is InChI=1S/C8H16N2O/c1-9-7-10-4-5-11-8(6-10)2-3-8/h9H,2-7H2,1H3. The van der Waals surface area contributed by atoms with Gasteiger partial charge in [-0.3, -0.25) is 4.90 Å². The minimum atomic E-state index is 0.287. The summed E-state index contributed by atoms with van der Waals surface area (Å²) in [6.07, 6.45) is 2.54. The normalized spacial score (nSPS) is 29.2. The lowest BCUT2D eigenvalue weighted by molar-refractivity contribution is -0.0474. The molecule has 3 heteroatoms. The van der Waals surface area contributed by atoms with Crippen LogP contribution in [-0.2, 0) is 4.74 Å². The van der Waals surface area contributed by atoms with Crippen molar-refractivity contribution in [2.75, 3.05) is 33.4 Å². The Bertz CT molecular complexity index is 143. The van der Waals surface area contributed by atoms with Gasteiger partial charge < -0.3 is 10.1 Å². The van der Waals surface area contributed by atoms with E-state index in [4.69, 9.17) is 4.74 Å². The van der Waals surface area contributed by atoms with Crippen LogP contribution in [0.1, 0.15) is 12.8 Å². The summed E-state index contributed by atoms with van der Waals surface area (Å²) in [6, 6.07) is 0. The van der Waals surface area contributed by atoms with Crippen LogP contribution in [-0.4, -0.2) is 43.9 Å². The van der Waals surface area contributed by atoms with Crippen LogP contribution in [0.2, 0.25) is 0 Å². The summed E-state index contributed by atoms with van der Waals surface area (Å²) < 4.78 is 5.68. The third kappa shape index (κ3) is 1.55. The first-order chi connectivity index (χ1) is 5.35. The molecule has 0 bridgehead atoms. The maximum Gasteiger partial charge on any atom is 0.0812 e. The van der Waals surface area contributed by atoms with Gasteiger partial charge in [-0.05, 0) is 19.9 Å². The molecule has 1 aliphatic heterocycles. The summed E-state index contributed by atoms with van der Waals surface area (Å²) >= 11 is 0. The number of nitrogens with zero attached hydrogens (tertiary/aromatic N) is 1. The second-order valence-corrected chi connectivity index (χ2v) is 3.60. The van der Waals surface area contributed by atoms with Crippen molar-refractivity contribution in [1.82, 2.24) is 10.2 Å². The molecule has 1 N–H and O–H groups in total. The third-order valence-electron chi connectivity index (χ3n) is 2.52. The zero-order chi connectivity index (χ0) is 7.73. The Kier molecular flexibility index (Phi) is 1.87. The summed E-state index contributed by atoms with van der Waals surface area (Å²) in [6.45, 7) is 4.14. The maximum atomic E-state index is 5.68. The molecule has 0 aromatic heterocycles. The fraction of sp³-hybridized carbons (Fsp3) is 1.00. The van der Waals surface area contributed by atoms with Crippen molar-refractivity contribution in [3.63, 3.8) is 0 Å². The molecule has 0 aromatic carbocycles. The van der Waals surface area contributed by atoms with Crippen LogP contribution in [0.25, 0.3) is 0 Å². The number of morpholine rings is 1. The van der Waals surface area contributed by atoms with Gasteiger partial charge in [0.25, 0.3) is 0 Å². The molecular formula is C8H16N2O. The molecule has 64 valence electrons. The number of rotatable bonds is 2. The zero-order valence-electron chi connectivity index (χ0n) is 7.10. The third-order valence-corrected chi connectivity index (χ3v) is 2.52. The van der Waals surface area contributed by atoms with Gasteiger partial charge in [0, 0.05) is 19.8 Å². The molecule has 0 amide bonds. The predicted octanol–water partition coefficient (Wildman–Crippen LogP) is 0.0281. The van der Waals surface area contributed by atoms with Gasteiger partial charge in [0.2, 0.25) is 0 Å². The second-order valence-electron chi connectivity index (χ2n) is 3.60. The Morgan fingerprint density at radius 3 is 3.00 bits per heavy atom. The first kappa shape index (κ1) is 7.53. The lowest BCUT2D eigenvalue weighted by Crippen LogP contribution is -2.46. The smallest absolute Gasteiger partial charge is 0.0812 e. The minimum absolute atomic E-state index is 0.287. The molecule has 2 fully saturated rings. The van der Waals surface area contributed by atoms with Crippen molar-refractivity contribution in [2.24, 2.45) is 0 Å². The Labute approximate surface area is 67.7 Å². The molecule has 1 saturated carbocycles. The fourth-order valence-electron chi connectivity index (χ4n) is 1.72. The summed E-state index contributed by atoms with van der Waals surface area (Å²) in [4.78, 5) is 2.43. The van der Waals surface area contributed by atoms with Crippen molar-refractivity contribution in [3.05, 3.63) is 0 Å². The highest BCUT2D eigenvalue weighted by atomic mass is 16.5. The van der Waals surface area contributed by atoms with E-state index in [1.165, 1.54) is 12.8 Å². The van der Waals surface area contributed by atoms with Crippen LogP contribution in [0.3, 0.4) is 0 Å². The number of hydrogen-bond acceptors (Lipinski definition) is 3. The van der Waals surface area contributed by atoms with E-state index in [0.29, 0.717) is 0 Å². The average Bonchev–Trinajstić information content (AvgIpc) is 2.70. The van der Waals surface area contributed by atoms with Gasteiger partial charge in [0.05, 0.1) is 12.2 Å². The van der Waals surface area contributed by atoms with Crippen molar-refractivity contribution >= 4 is 0 Å². The SMILES string of the molecule is CNCN1CCOC2(CC2)C1. The van der Waals surface area contributed by atoms with Gasteiger partial charge in [-0.25, -0.2) is 0 Å². The molecule has 1 aliphatic carbocycles. The molecule has 0 radical (unpaired) electrons. The lowest BCUT2D eigenvalue weighted by Gasteiger charge is -2.32. The van der Waals surface area contributed by atoms with E-state index in [2.05, 4.69) is 10.2 Å².